The van der Waals surface area contributed by atoms with Crippen LogP contribution in [0.15, 0.2) is 12.7 Å². The van der Waals surface area contributed by atoms with Gasteiger partial charge in [0.05, 0.1) is 12.2 Å². The Morgan fingerprint density at radius 1 is 1.04 bits per heavy atom. The minimum absolute atomic E-state index is 0.147. The number of carbonyl (C=O) groups is 2. The fourth-order valence-corrected chi connectivity index (χ4v) is 3.69. The smallest absolute Gasteiger partial charge is 0.303 e. The molecule has 1 aliphatic rings. The number of hydrogen-bond donors (Lipinski definition) is 0. The summed E-state index contributed by atoms with van der Waals surface area (Å²) >= 11 is 0. The summed E-state index contributed by atoms with van der Waals surface area (Å²) in [6.07, 6.45) is 12.8. The third kappa shape index (κ3) is 9.94. The first kappa shape index (κ1) is 23.7. The number of rotatable bonds is 13. The lowest BCUT2D eigenvalue weighted by atomic mass is 9.94. The van der Waals surface area contributed by atoms with Crippen molar-refractivity contribution in [1.29, 1.82) is 0 Å². The third-order valence-corrected chi connectivity index (χ3v) is 5.06. The van der Waals surface area contributed by atoms with Gasteiger partial charge in [0, 0.05) is 13.8 Å². The van der Waals surface area contributed by atoms with E-state index in [0.29, 0.717) is 6.42 Å². The van der Waals surface area contributed by atoms with Crippen LogP contribution in [0.2, 0.25) is 0 Å². The van der Waals surface area contributed by atoms with Gasteiger partial charge in [0.15, 0.2) is 0 Å². The summed E-state index contributed by atoms with van der Waals surface area (Å²) in [6.45, 7) is 8.81. The second-order valence-electron chi connectivity index (χ2n) is 7.51. The van der Waals surface area contributed by atoms with Crippen LogP contribution in [-0.2, 0) is 23.8 Å². The van der Waals surface area contributed by atoms with Crippen molar-refractivity contribution in [2.45, 2.75) is 116 Å². The molecule has 5 nitrogen and oxygen atoms in total. The Kier molecular flexibility index (Phi) is 12.1. The minimum atomic E-state index is -0.457. The van der Waals surface area contributed by atoms with Gasteiger partial charge in [-0.1, -0.05) is 64.9 Å². The van der Waals surface area contributed by atoms with Crippen LogP contribution in [0.3, 0.4) is 0 Å². The second-order valence-corrected chi connectivity index (χ2v) is 7.51. The van der Waals surface area contributed by atoms with Gasteiger partial charge in [0.25, 0.3) is 0 Å². The number of hydrogen-bond acceptors (Lipinski definition) is 5. The number of ether oxygens (including phenoxy) is 3. The van der Waals surface area contributed by atoms with Gasteiger partial charge in [-0.15, -0.1) is 0 Å². The molecule has 0 amide bonds. The molecule has 0 aromatic carbocycles. The number of esters is 2. The minimum Gasteiger partial charge on any atom is -0.460 e. The SMILES string of the molecule is C=C[C@H](OC(C)=O)[C@@H]1CC[C@@H](OC(C)=O)[C@H](CCCCCCCCCC)O1. The molecular weight excluding hydrogens is 344 g/mol. The highest BCUT2D eigenvalue weighted by atomic mass is 16.6. The molecule has 0 spiro atoms. The van der Waals surface area contributed by atoms with Crippen LogP contribution in [0.4, 0.5) is 0 Å². The highest BCUT2D eigenvalue weighted by Gasteiger charge is 2.36. The Labute approximate surface area is 164 Å². The molecular formula is C22H38O5. The molecule has 0 aliphatic carbocycles. The van der Waals surface area contributed by atoms with E-state index in [2.05, 4.69) is 13.5 Å². The van der Waals surface area contributed by atoms with Crippen molar-refractivity contribution in [3.63, 3.8) is 0 Å². The molecule has 1 saturated heterocycles. The van der Waals surface area contributed by atoms with Crippen LogP contribution in [-0.4, -0.2) is 36.4 Å². The highest BCUT2D eigenvalue weighted by Crippen LogP contribution is 2.29. The molecule has 0 aromatic rings. The monoisotopic (exact) mass is 382 g/mol. The van der Waals surface area contributed by atoms with Gasteiger partial charge < -0.3 is 14.2 Å². The van der Waals surface area contributed by atoms with E-state index < -0.39 is 6.10 Å². The summed E-state index contributed by atoms with van der Waals surface area (Å²) in [5, 5.41) is 0. The molecule has 5 heteroatoms. The van der Waals surface area contributed by atoms with Crippen LogP contribution in [0.5, 0.6) is 0 Å². The summed E-state index contributed by atoms with van der Waals surface area (Å²) < 4.78 is 17.0. The van der Waals surface area contributed by atoms with E-state index >= 15 is 0 Å². The first-order valence-corrected chi connectivity index (χ1v) is 10.6. The molecule has 1 aliphatic heterocycles. The maximum Gasteiger partial charge on any atom is 0.303 e. The summed E-state index contributed by atoms with van der Waals surface area (Å²) in [6, 6.07) is 0. The van der Waals surface area contributed by atoms with E-state index in [9.17, 15) is 9.59 Å². The Bertz CT molecular complexity index is 448. The van der Waals surface area contributed by atoms with Crippen molar-refractivity contribution >= 4 is 11.9 Å². The fourth-order valence-electron chi connectivity index (χ4n) is 3.69. The van der Waals surface area contributed by atoms with Gasteiger partial charge in [-0.05, 0) is 25.3 Å². The lowest BCUT2D eigenvalue weighted by molar-refractivity contribution is -0.185. The van der Waals surface area contributed by atoms with Crippen molar-refractivity contribution in [3.8, 4) is 0 Å². The summed E-state index contributed by atoms with van der Waals surface area (Å²) in [5.41, 5.74) is 0. The van der Waals surface area contributed by atoms with Crippen molar-refractivity contribution in [3.05, 3.63) is 12.7 Å². The van der Waals surface area contributed by atoms with E-state index in [1.807, 2.05) is 0 Å². The number of carbonyl (C=O) groups excluding carboxylic acids is 2. The van der Waals surface area contributed by atoms with Crippen LogP contribution in [0, 0.1) is 0 Å². The Balaban J connectivity index is 2.46. The normalized spacial score (nSPS) is 23.4. The summed E-state index contributed by atoms with van der Waals surface area (Å²) in [7, 11) is 0. The van der Waals surface area contributed by atoms with E-state index in [1.54, 1.807) is 6.08 Å². The average molecular weight is 383 g/mol. The van der Waals surface area contributed by atoms with Crippen molar-refractivity contribution in [1.82, 2.24) is 0 Å². The van der Waals surface area contributed by atoms with Crippen LogP contribution >= 0.6 is 0 Å². The van der Waals surface area contributed by atoms with Gasteiger partial charge in [0.1, 0.15) is 12.2 Å². The lowest BCUT2D eigenvalue weighted by Crippen LogP contribution is -2.46. The molecule has 0 saturated carbocycles. The Morgan fingerprint density at radius 3 is 2.22 bits per heavy atom. The van der Waals surface area contributed by atoms with Crippen molar-refractivity contribution in [2.75, 3.05) is 0 Å². The molecule has 1 heterocycles. The molecule has 156 valence electrons. The van der Waals surface area contributed by atoms with Crippen molar-refractivity contribution < 1.29 is 23.8 Å². The summed E-state index contributed by atoms with van der Waals surface area (Å²) in [5.74, 6) is -0.617. The molecule has 27 heavy (non-hydrogen) atoms. The van der Waals surface area contributed by atoms with Gasteiger partial charge in [0.2, 0.25) is 0 Å². The zero-order valence-electron chi connectivity index (χ0n) is 17.4. The summed E-state index contributed by atoms with van der Waals surface area (Å²) in [4.78, 5) is 22.7. The molecule has 1 rings (SSSR count). The largest absolute Gasteiger partial charge is 0.460 e. The van der Waals surface area contributed by atoms with Crippen LogP contribution in [0.25, 0.3) is 0 Å². The highest BCUT2D eigenvalue weighted by molar-refractivity contribution is 5.66. The van der Waals surface area contributed by atoms with Crippen LogP contribution < -0.4 is 0 Å². The molecule has 4 atom stereocenters. The van der Waals surface area contributed by atoms with Gasteiger partial charge in [-0.2, -0.15) is 0 Å². The quantitative estimate of drug-likeness (QED) is 0.251. The zero-order valence-corrected chi connectivity index (χ0v) is 17.4. The van der Waals surface area contributed by atoms with E-state index in [4.69, 9.17) is 14.2 Å². The number of unbranched alkanes of at least 4 members (excludes halogenated alkanes) is 7. The third-order valence-electron chi connectivity index (χ3n) is 5.06. The second kappa shape index (κ2) is 13.8. The predicted octanol–water partition coefficient (Wildman–Crippen LogP) is 5.11. The van der Waals surface area contributed by atoms with E-state index in [0.717, 1.165) is 25.7 Å². The molecule has 0 aromatic heterocycles. The maximum atomic E-state index is 11.4. The first-order valence-electron chi connectivity index (χ1n) is 10.6. The van der Waals surface area contributed by atoms with E-state index in [-0.39, 0.29) is 30.3 Å². The van der Waals surface area contributed by atoms with E-state index in [1.165, 1.54) is 52.4 Å². The fraction of sp³-hybridized carbons (Fsp3) is 0.818. The maximum absolute atomic E-state index is 11.4. The average Bonchev–Trinajstić information content (AvgIpc) is 2.62. The first-order chi connectivity index (χ1) is 13.0. The standard InChI is InChI=1S/C22H38O5/c1-5-7-8-9-10-11-12-13-14-20-22(26-18(4)24)16-15-21(27-20)19(6-2)25-17(3)23/h6,19-22H,2,5,7-16H2,1,3-4H3/t19-,20-,21-,22+/m0/s1. The lowest BCUT2D eigenvalue weighted by Gasteiger charge is -2.38. The Hall–Kier alpha value is -1.36. The van der Waals surface area contributed by atoms with Crippen molar-refractivity contribution in [2.24, 2.45) is 0 Å². The van der Waals surface area contributed by atoms with Crippen LogP contribution in [0.1, 0.15) is 91.4 Å². The van der Waals surface area contributed by atoms with Gasteiger partial charge in [-0.25, -0.2) is 0 Å². The molecule has 0 bridgehead atoms. The molecule has 0 unspecified atom stereocenters. The molecule has 1 fully saturated rings. The van der Waals surface area contributed by atoms with Gasteiger partial charge >= 0.3 is 11.9 Å². The molecule has 0 radical (unpaired) electrons. The zero-order chi connectivity index (χ0) is 20.1. The Morgan fingerprint density at radius 2 is 1.67 bits per heavy atom. The van der Waals surface area contributed by atoms with Gasteiger partial charge in [-0.3, -0.25) is 9.59 Å². The molecule has 0 N–H and O–H groups in total. The predicted molar refractivity (Wildman–Crippen MR) is 106 cm³/mol. The topological polar surface area (TPSA) is 61.8 Å².